The molecule has 5 aromatic rings. The highest BCUT2D eigenvalue weighted by Crippen LogP contribution is 2.22. The molecule has 0 bridgehead atoms. The molecule has 0 saturated carbocycles. The van der Waals surface area contributed by atoms with Gasteiger partial charge in [-0.15, -0.1) is 10.2 Å². The molecule has 1 heterocycles. The van der Waals surface area contributed by atoms with E-state index in [9.17, 15) is 4.79 Å². The number of aromatic nitrogens is 3. The Bertz CT molecular complexity index is 1370. The lowest BCUT2D eigenvalue weighted by atomic mass is 10.0. The van der Waals surface area contributed by atoms with Crippen LogP contribution < -0.4 is 5.32 Å². The fourth-order valence-electron chi connectivity index (χ4n) is 3.33. The van der Waals surface area contributed by atoms with E-state index in [1.165, 1.54) is 4.80 Å². The Balaban J connectivity index is 1.47. The highest BCUT2D eigenvalue weighted by molar-refractivity contribution is 6.30. The third kappa shape index (κ3) is 3.32. The lowest BCUT2D eigenvalue weighted by Gasteiger charge is -2.08. The van der Waals surface area contributed by atoms with Crippen molar-refractivity contribution in [3.05, 3.63) is 95.5 Å². The summed E-state index contributed by atoms with van der Waals surface area (Å²) in [5.41, 5.74) is 3.48. The minimum absolute atomic E-state index is 0.164. The van der Waals surface area contributed by atoms with Crippen LogP contribution in [0.1, 0.15) is 10.4 Å². The number of hydrogen-bond donors (Lipinski definition) is 1. The van der Waals surface area contributed by atoms with Gasteiger partial charge in [-0.25, -0.2) is 0 Å². The SMILES string of the molecule is O=C(Nc1ccc2nn(-c3cccc(Cl)c3)nc2c1)c1cccc2ccccc12. The van der Waals surface area contributed by atoms with E-state index in [2.05, 4.69) is 15.5 Å². The van der Waals surface area contributed by atoms with E-state index in [1.54, 1.807) is 12.1 Å². The van der Waals surface area contributed by atoms with Crippen molar-refractivity contribution in [2.75, 3.05) is 5.32 Å². The predicted octanol–water partition coefficient (Wildman–Crippen LogP) is 5.48. The molecular formula is C23H15ClN4O. The number of carbonyl (C=O) groups excluding carboxylic acids is 1. The van der Waals surface area contributed by atoms with Gasteiger partial charge in [-0.1, -0.05) is 54.1 Å². The summed E-state index contributed by atoms with van der Waals surface area (Å²) in [4.78, 5) is 14.4. The van der Waals surface area contributed by atoms with Gasteiger partial charge in [-0.3, -0.25) is 4.79 Å². The van der Waals surface area contributed by atoms with E-state index >= 15 is 0 Å². The molecule has 0 saturated heterocycles. The van der Waals surface area contributed by atoms with Crippen LogP contribution in [-0.4, -0.2) is 20.9 Å². The van der Waals surface area contributed by atoms with Gasteiger partial charge in [-0.05, 0) is 53.2 Å². The van der Waals surface area contributed by atoms with Crippen LogP contribution in [0.25, 0.3) is 27.5 Å². The Morgan fingerprint density at radius 1 is 0.828 bits per heavy atom. The molecular weight excluding hydrogens is 384 g/mol. The number of halogens is 1. The van der Waals surface area contributed by atoms with Crippen LogP contribution in [0.3, 0.4) is 0 Å². The molecule has 0 atom stereocenters. The van der Waals surface area contributed by atoms with Gasteiger partial charge in [0, 0.05) is 16.3 Å². The number of fused-ring (bicyclic) bond motifs is 2. The first kappa shape index (κ1) is 17.4. The lowest BCUT2D eigenvalue weighted by molar-refractivity contribution is 0.102. The maximum Gasteiger partial charge on any atom is 0.256 e. The Hall–Kier alpha value is -3.70. The number of carbonyl (C=O) groups is 1. The smallest absolute Gasteiger partial charge is 0.256 e. The van der Waals surface area contributed by atoms with Crippen molar-refractivity contribution in [2.24, 2.45) is 0 Å². The van der Waals surface area contributed by atoms with Gasteiger partial charge in [0.1, 0.15) is 11.0 Å². The Kier molecular flexibility index (Phi) is 4.22. The molecule has 1 aromatic heterocycles. The molecule has 0 aliphatic heterocycles. The zero-order valence-corrected chi connectivity index (χ0v) is 16.0. The van der Waals surface area contributed by atoms with Crippen molar-refractivity contribution in [3.63, 3.8) is 0 Å². The number of hydrogen-bond acceptors (Lipinski definition) is 3. The summed E-state index contributed by atoms with van der Waals surface area (Å²) >= 11 is 6.06. The molecule has 0 radical (unpaired) electrons. The summed E-state index contributed by atoms with van der Waals surface area (Å²) in [6.45, 7) is 0. The van der Waals surface area contributed by atoms with Crippen molar-refractivity contribution < 1.29 is 4.79 Å². The Morgan fingerprint density at radius 2 is 1.62 bits per heavy atom. The zero-order chi connectivity index (χ0) is 19.8. The highest BCUT2D eigenvalue weighted by Gasteiger charge is 2.12. The number of nitrogens with one attached hydrogen (secondary N) is 1. The molecule has 0 aliphatic rings. The standard InChI is InChI=1S/C23H15ClN4O/c24-16-7-4-8-18(13-16)28-26-21-12-11-17(14-22(21)27-28)25-23(29)20-10-3-6-15-5-1-2-9-19(15)20/h1-14H,(H,25,29). The van der Waals surface area contributed by atoms with Gasteiger partial charge in [0.2, 0.25) is 0 Å². The minimum Gasteiger partial charge on any atom is -0.322 e. The third-order valence-electron chi connectivity index (χ3n) is 4.71. The van der Waals surface area contributed by atoms with E-state index in [0.717, 1.165) is 22.0 Å². The molecule has 140 valence electrons. The normalized spacial score (nSPS) is 11.1. The molecule has 5 rings (SSSR count). The second-order valence-electron chi connectivity index (χ2n) is 6.65. The molecule has 1 amide bonds. The summed E-state index contributed by atoms with van der Waals surface area (Å²) in [5, 5.41) is 14.5. The highest BCUT2D eigenvalue weighted by atomic mass is 35.5. The molecule has 0 aliphatic carbocycles. The molecule has 0 fully saturated rings. The monoisotopic (exact) mass is 398 g/mol. The zero-order valence-electron chi connectivity index (χ0n) is 15.2. The van der Waals surface area contributed by atoms with E-state index in [4.69, 9.17) is 11.6 Å². The van der Waals surface area contributed by atoms with Gasteiger partial charge in [0.15, 0.2) is 0 Å². The van der Waals surface area contributed by atoms with Crippen LogP contribution >= 0.6 is 11.6 Å². The molecule has 1 N–H and O–H groups in total. The molecule has 5 nitrogen and oxygen atoms in total. The average Bonchev–Trinajstić information content (AvgIpc) is 3.17. The summed E-state index contributed by atoms with van der Waals surface area (Å²) in [7, 11) is 0. The summed E-state index contributed by atoms with van der Waals surface area (Å²) in [6, 6.07) is 26.3. The first-order valence-corrected chi connectivity index (χ1v) is 9.47. The Labute approximate surface area is 171 Å². The number of anilines is 1. The minimum atomic E-state index is -0.164. The fraction of sp³-hybridized carbons (Fsp3) is 0. The van der Waals surface area contributed by atoms with Crippen molar-refractivity contribution in [2.45, 2.75) is 0 Å². The average molecular weight is 399 g/mol. The van der Waals surface area contributed by atoms with Gasteiger partial charge in [0.25, 0.3) is 5.91 Å². The predicted molar refractivity (Wildman–Crippen MR) is 116 cm³/mol. The lowest BCUT2D eigenvalue weighted by Crippen LogP contribution is -2.12. The second-order valence-corrected chi connectivity index (χ2v) is 7.09. The maximum atomic E-state index is 12.9. The fourth-order valence-corrected chi connectivity index (χ4v) is 3.51. The van der Waals surface area contributed by atoms with Gasteiger partial charge in [-0.2, -0.15) is 4.80 Å². The number of benzene rings is 4. The number of amides is 1. The van der Waals surface area contributed by atoms with Crippen molar-refractivity contribution >= 4 is 45.0 Å². The van der Waals surface area contributed by atoms with Gasteiger partial charge in [0.05, 0.1) is 5.69 Å². The first-order valence-electron chi connectivity index (χ1n) is 9.09. The number of nitrogens with zero attached hydrogens (tertiary/aromatic N) is 3. The molecule has 6 heteroatoms. The summed E-state index contributed by atoms with van der Waals surface area (Å²) < 4.78 is 0. The van der Waals surface area contributed by atoms with E-state index < -0.39 is 0 Å². The number of rotatable bonds is 3. The van der Waals surface area contributed by atoms with Crippen LogP contribution in [0, 0.1) is 0 Å². The topological polar surface area (TPSA) is 59.8 Å². The van der Waals surface area contributed by atoms with Crippen molar-refractivity contribution in [1.82, 2.24) is 15.0 Å². The van der Waals surface area contributed by atoms with Gasteiger partial charge < -0.3 is 5.32 Å². The molecule has 29 heavy (non-hydrogen) atoms. The summed E-state index contributed by atoms with van der Waals surface area (Å²) in [5.74, 6) is -0.164. The molecule has 4 aromatic carbocycles. The van der Waals surface area contributed by atoms with E-state index in [0.29, 0.717) is 21.8 Å². The Morgan fingerprint density at radius 3 is 2.52 bits per heavy atom. The van der Waals surface area contributed by atoms with Crippen LogP contribution in [0.4, 0.5) is 5.69 Å². The summed E-state index contributed by atoms with van der Waals surface area (Å²) in [6.07, 6.45) is 0. The van der Waals surface area contributed by atoms with E-state index in [1.807, 2.05) is 72.8 Å². The van der Waals surface area contributed by atoms with Crippen LogP contribution in [0.5, 0.6) is 0 Å². The second kappa shape index (κ2) is 7.04. The maximum absolute atomic E-state index is 12.9. The third-order valence-corrected chi connectivity index (χ3v) is 4.95. The first-order chi connectivity index (χ1) is 14.2. The van der Waals surface area contributed by atoms with Gasteiger partial charge >= 0.3 is 0 Å². The van der Waals surface area contributed by atoms with Crippen LogP contribution in [0.15, 0.2) is 84.9 Å². The molecule has 0 unspecified atom stereocenters. The molecule has 0 spiro atoms. The van der Waals surface area contributed by atoms with E-state index in [-0.39, 0.29) is 5.91 Å². The van der Waals surface area contributed by atoms with Crippen molar-refractivity contribution in [3.8, 4) is 5.69 Å². The quantitative estimate of drug-likeness (QED) is 0.437. The van der Waals surface area contributed by atoms with Crippen molar-refractivity contribution in [1.29, 1.82) is 0 Å². The largest absolute Gasteiger partial charge is 0.322 e. The van der Waals surface area contributed by atoms with Crippen LogP contribution in [-0.2, 0) is 0 Å². The van der Waals surface area contributed by atoms with Crippen LogP contribution in [0.2, 0.25) is 5.02 Å².